The number of ether oxygens (including phenoxy) is 1. The van der Waals surface area contributed by atoms with Crippen LogP contribution in [0.25, 0.3) is 0 Å². The third-order valence-corrected chi connectivity index (χ3v) is 1.26. The molecule has 0 rings (SSSR count). The zero-order chi connectivity index (χ0) is 9.56. The van der Waals surface area contributed by atoms with E-state index in [4.69, 9.17) is 0 Å². The summed E-state index contributed by atoms with van der Waals surface area (Å²) >= 11 is 2.76. The van der Waals surface area contributed by atoms with Gasteiger partial charge in [0.25, 0.3) is 5.91 Å². The summed E-state index contributed by atoms with van der Waals surface area (Å²) in [7, 11) is 1.25. The van der Waals surface area contributed by atoms with Gasteiger partial charge in [0.15, 0.2) is 0 Å². The van der Waals surface area contributed by atoms with Crippen LogP contribution in [0, 0.1) is 10.8 Å². The van der Waals surface area contributed by atoms with Gasteiger partial charge in [0, 0.05) is 21.9 Å². The number of amides is 1. The van der Waals surface area contributed by atoms with Crippen molar-refractivity contribution < 1.29 is 14.3 Å². The van der Waals surface area contributed by atoms with Gasteiger partial charge in [-0.3, -0.25) is 4.79 Å². The van der Waals surface area contributed by atoms with E-state index in [0.29, 0.717) is 0 Å². The Kier molecular flexibility index (Phi) is 5.13. The summed E-state index contributed by atoms with van der Waals surface area (Å²) in [6.07, 6.45) is 0. The molecule has 1 N–H and O–H groups in total. The number of hydrogen-bond acceptors (Lipinski definition) is 3. The fourth-order valence-corrected chi connectivity index (χ4v) is 0.691. The lowest BCUT2D eigenvalue weighted by molar-refractivity contribution is -0.143. The molecule has 12 heavy (non-hydrogen) atoms. The number of methoxy groups -OCH3 is 1. The first kappa shape index (κ1) is 11.0. The van der Waals surface area contributed by atoms with Crippen molar-refractivity contribution in [2.24, 2.45) is 0 Å². The maximum absolute atomic E-state index is 10.8. The van der Waals surface area contributed by atoms with Crippen LogP contribution in [0.15, 0.2) is 0 Å². The van der Waals surface area contributed by atoms with Crippen LogP contribution in [0.5, 0.6) is 0 Å². The molecule has 0 aliphatic carbocycles. The maximum Gasteiger partial charge on any atom is 0.328 e. The lowest BCUT2D eigenvalue weighted by Gasteiger charge is -2.07. The third kappa shape index (κ3) is 3.98. The van der Waals surface area contributed by atoms with Crippen molar-refractivity contribution in [3.05, 3.63) is 0 Å². The van der Waals surface area contributed by atoms with E-state index in [2.05, 4.69) is 36.7 Å². The van der Waals surface area contributed by atoms with Crippen LogP contribution >= 0.6 is 15.9 Å². The maximum atomic E-state index is 10.8. The van der Waals surface area contributed by atoms with Crippen LogP contribution in [-0.4, -0.2) is 25.0 Å². The van der Waals surface area contributed by atoms with Crippen molar-refractivity contribution in [3.63, 3.8) is 0 Å². The highest BCUT2D eigenvalue weighted by molar-refractivity contribution is 9.12. The van der Waals surface area contributed by atoms with E-state index in [-0.39, 0.29) is 0 Å². The summed E-state index contributed by atoms with van der Waals surface area (Å²) in [5, 5.41) is 2.31. The minimum Gasteiger partial charge on any atom is -0.467 e. The Morgan fingerprint density at radius 1 is 1.58 bits per heavy atom. The topological polar surface area (TPSA) is 55.4 Å². The van der Waals surface area contributed by atoms with Crippen LogP contribution in [0.1, 0.15) is 6.92 Å². The smallest absolute Gasteiger partial charge is 0.328 e. The Labute approximate surface area is 78.8 Å². The van der Waals surface area contributed by atoms with E-state index in [9.17, 15) is 9.59 Å². The average Bonchev–Trinajstić information content (AvgIpc) is 2.03. The number of esters is 1. The SMILES string of the molecule is COC(=O)[C@@H](C)NC(=O)C#CBr. The van der Waals surface area contributed by atoms with E-state index in [1.165, 1.54) is 14.0 Å². The van der Waals surface area contributed by atoms with Crippen LogP contribution in [0.2, 0.25) is 0 Å². The van der Waals surface area contributed by atoms with Crippen molar-refractivity contribution in [2.45, 2.75) is 13.0 Å². The summed E-state index contributed by atoms with van der Waals surface area (Å²) < 4.78 is 4.38. The molecule has 0 spiro atoms. The fraction of sp³-hybridized carbons (Fsp3) is 0.429. The normalized spacial score (nSPS) is 10.6. The first-order valence-electron chi connectivity index (χ1n) is 3.11. The van der Waals surface area contributed by atoms with E-state index in [0.717, 1.165) is 0 Å². The predicted molar refractivity (Wildman–Crippen MR) is 46.3 cm³/mol. The Hall–Kier alpha value is -1.02. The molecule has 1 amide bonds. The molecule has 0 aromatic rings. The first-order chi connectivity index (χ1) is 5.61. The Balaban J connectivity index is 3.97. The largest absolute Gasteiger partial charge is 0.467 e. The molecule has 0 aromatic heterocycles. The van der Waals surface area contributed by atoms with Crippen LogP contribution in [-0.2, 0) is 14.3 Å². The molecular formula is C7H8BrNO3. The minimum absolute atomic E-state index is 0.500. The van der Waals surface area contributed by atoms with Crippen LogP contribution in [0.3, 0.4) is 0 Å². The molecule has 0 saturated carbocycles. The van der Waals surface area contributed by atoms with Crippen molar-refractivity contribution in [2.75, 3.05) is 7.11 Å². The van der Waals surface area contributed by atoms with Gasteiger partial charge >= 0.3 is 5.97 Å². The molecule has 0 radical (unpaired) electrons. The van der Waals surface area contributed by atoms with Crippen molar-refractivity contribution >= 4 is 27.8 Å². The van der Waals surface area contributed by atoms with E-state index >= 15 is 0 Å². The highest BCUT2D eigenvalue weighted by Crippen LogP contribution is 1.84. The summed E-state index contributed by atoms with van der Waals surface area (Å²) in [5.41, 5.74) is 0. The predicted octanol–water partition coefficient (Wildman–Crippen LogP) is 0.0199. The van der Waals surface area contributed by atoms with Crippen molar-refractivity contribution in [1.29, 1.82) is 0 Å². The van der Waals surface area contributed by atoms with E-state index in [1.54, 1.807) is 0 Å². The molecule has 0 aliphatic rings. The Morgan fingerprint density at radius 2 is 2.17 bits per heavy atom. The molecule has 66 valence electrons. The van der Waals surface area contributed by atoms with Gasteiger partial charge in [0.1, 0.15) is 6.04 Å². The monoisotopic (exact) mass is 233 g/mol. The van der Waals surface area contributed by atoms with Crippen molar-refractivity contribution in [3.8, 4) is 10.8 Å². The molecule has 5 heteroatoms. The third-order valence-electron chi connectivity index (χ3n) is 1.06. The lowest BCUT2D eigenvalue weighted by atomic mass is 10.3. The molecular weight excluding hydrogens is 226 g/mol. The molecule has 0 aromatic carbocycles. The number of carbonyl (C=O) groups excluding carboxylic acids is 2. The second kappa shape index (κ2) is 5.61. The van der Waals surface area contributed by atoms with E-state index < -0.39 is 17.9 Å². The highest BCUT2D eigenvalue weighted by atomic mass is 79.9. The molecule has 4 nitrogen and oxygen atoms in total. The Bertz CT molecular complexity index is 241. The zero-order valence-electron chi connectivity index (χ0n) is 6.68. The van der Waals surface area contributed by atoms with Gasteiger partial charge in [-0.25, -0.2) is 4.79 Å². The summed E-state index contributed by atoms with van der Waals surface area (Å²) in [6, 6.07) is -0.671. The summed E-state index contributed by atoms with van der Waals surface area (Å²) in [5.74, 6) is 1.14. The number of carbonyl (C=O) groups is 2. The van der Waals surface area contributed by atoms with Gasteiger partial charge in [-0.05, 0) is 11.8 Å². The lowest BCUT2D eigenvalue weighted by Crippen LogP contribution is -2.38. The van der Waals surface area contributed by atoms with Crippen LogP contribution in [0.4, 0.5) is 0 Å². The average molecular weight is 234 g/mol. The van der Waals surface area contributed by atoms with Gasteiger partial charge in [-0.2, -0.15) is 0 Å². The molecule has 0 aliphatic heterocycles. The summed E-state index contributed by atoms with van der Waals surface area (Å²) in [6.45, 7) is 1.51. The standard InChI is InChI=1S/C7H8BrNO3/c1-5(7(11)12-2)9-6(10)3-4-8/h5H,1-2H3,(H,9,10)/t5-/m1/s1. The van der Waals surface area contributed by atoms with Crippen molar-refractivity contribution in [1.82, 2.24) is 5.32 Å². The molecule has 1 atom stereocenters. The summed E-state index contributed by atoms with van der Waals surface area (Å²) in [4.78, 5) is 23.7. The van der Waals surface area contributed by atoms with E-state index in [1.807, 2.05) is 0 Å². The zero-order valence-corrected chi connectivity index (χ0v) is 8.27. The molecule has 0 saturated heterocycles. The highest BCUT2D eigenvalue weighted by Gasteiger charge is 2.13. The molecule has 0 unspecified atom stereocenters. The van der Waals surface area contributed by atoms with Gasteiger partial charge in [0.05, 0.1) is 7.11 Å². The van der Waals surface area contributed by atoms with Gasteiger partial charge in [-0.1, -0.05) is 0 Å². The number of halogens is 1. The van der Waals surface area contributed by atoms with Crippen LogP contribution < -0.4 is 5.32 Å². The second-order valence-electron chi connectivity index (χ2n) is 1.94. The number of nitrogens with one attached hydrogen (secondary N) is 1. The Morgan fingerprint density at radius 3 is 2.58 bits per heavy atom. The minimum atomic E-state index is -0.671. The van der Waals surface area contributed by atoms with Gasteiger partial charge < -0.3 is 10.1 Å². The fourth-order valence-electron chi connectivity index (χ4n) is 0.511. The quantitative estimate of drug-likeness (QED) is 0.541. The van der Waals surface area contributed by atoms with Gasteiger partial charge in [-0.15, -0.1) is 0 Å². The van der Waals surface area contributed by atoms with Gasteiger partial charge in [0.2, 0.25) is 0 Å². The first-order valence-corrected chi connectivity index (χ1v) is 3.91. The molecule has 0 bridgehead atoms. The number of hydrogen-bond donors (Lipinski definition) is 1. The molecule has 0 heterocycles. The number of rotatable bonds is 2. The molecule has 0 fully saturated rings. The second-order valence-corrected chi connectivity index (χ2v) is 2.33.